The highest BCUT2D eigenvalue weighted by Gasteiger charge is 2.31. The maximum absolute atomic E-state index is 12.1. The largest absolute Gasteiger partial charge is 0.478 e. The minimum Gasteiger partial charge on any atom is -0.478 e. The number of nitrogens with one attached hydrogen (secondary N) is 1. The summed E-state index contributed by atoms with van der Waals surface area (Å²) < 4.78 is 5.86. The van der Waals surface area contributed by atoms with Crippen LogP contribution in [0, 0.1) is 0 Å². The normalized spacial score (nSPS) is 13.7. The Balaban J connectivity index is 3.08. The number of methoxy groups -OCH3 is 1. The Morgan fingerprint density at radius 2 is 2.11 bits per heavy atom. The summed E-state index contributed by atoms with van der Waals surface area (Å²) in [6, 6.07) is 4.58. The maximum atomic E-state index is 12.1. The zero-order valence-corrected chi connectivity index (χ0v) is 12.6. The van der Waals surface area contributed by atoms with Crippen molar-refractivity contribution < 1.29 is 19.4 Å². The quantitative estimate of drug-likeness (QED) is 0.870. The van der Waals surface area contributed by atoms with Crippen molar-refractivity contribution in [3.63, 3.8) is 0 Å². The van der Waals surface area contributed by atoms with Gasteiger partial charge in [-0.2, -0.15) is 0 Å². The summed E-state index contributed by atoms with van der Waals surface area (Å²) in [5, 5.41) is 11.7. The van der Waals surface area contributed by atoms with Gasteiger partial charge in [0, 0.05) is 11.6 Å². The predicted molar refractivity (Wildman–Crippen MR) is 75.4 cm³/mol. The molecule has 2 N–H and O–H groups in total. The Labute approximate surface area is 120 Å². The molecule has 1 unspecified atom stereocenters. The minimum atomic E-state index is -1.10. The molecule has 0 radical (unpaired) electrons. The van der Waals surface area contributed by atoms with E-state index in [-0.39, 0.29) is 17.2 Å². The zero-order valence-electron chi connectivity index (χ0n) is 11.0. The summed E-state index contributed by atoms with van der Waals surface area (Å²) in [6.45, 7) is 3.48. The third kappa shape index (κ3) is 3.54. The number of hydrogen-bond acceptors (Lipinski definition) is 3. The van der Waals surface area contributed by atoms with Crippen molar-refractivity contribution in [2.24, 2.45) is 0 Å². The molecule has 1 aromatic rings. The highest BCUT2D eigenvalue weighted by Crippen LogP contribution is 2.24. The van der Waals surface area contributed by atoms with Gasteiger partial charge in [-0.05, 0) is 31.5 Å². The first kappa shape index (κ1) is 15.7. The van der Waals surface area contributed by atoms with Gasteiger partial charge in [0.05, 0.1) is 11.3 Å². The first-order valence-corrected chi connectivity index (χ1v) is 6.52. The van der Waals surface area contributed by atoms with Gasteiger partial charge in [-0.3, -0.25) is 4.79 Å². The number of carbonyl (C=O) groups excluding carboxylic acids is 1. The van der Waals surface area contributed by atoms with E-state index in [9.17, 15) is 9.59 Å². The molecule has 0 spiro atoms. The summed E-state index contributed by atoms with van der Waals surface area (Å²) in [4.78, 5) is 23.2. The Hall–Kier alpha value is -1.40. The van der Waals surface area contributed by atoms with E-state index < -0.39 is 11.6 Å². The lowest BCUT2D eigenvalue weighted by atomic mass is 10.0. The van der Waals surface area contributed by atoms with Crippen molar-refractivity contribution in [3.05, 3.63) is 28.2 Å². The van der Waals surface area contributed by atoms with Crippen LogP contribution in [-0.4, -0.2) is 29.7 Å². The number of carboxylic acids is 1. The fourth-order valence-electron chi connectivity index (χ4n) is 1.46. The number of ether oxygens (including phenoxy) is 1. The maximum Gasteiger partial charge on any atom is 0.337 e. The van der Waals surface area contributed by atoms with Crippen molar-refractivity contribution in [2.45, 2.75) is 25.9 Å². The van der Waals surface area contributed by atoms with Gasteiger partial charge in [-0.15, -0.1) is 0 Å². The molecule has 0 aromatic heterocycles. The van der Waals surface area contributed by atoms with Gasteiger partial charge in [0.25, 0.3) is 5.91 Å². The van der Waals surface area contributed by atoms with Gasteiger partial charge >= 0.3 is 5.97 Å². The number of amides is 1. The predicted octanol–water partition coefficient (Wildman–Crippen LogP) is 2.90. The van der Waals surface area contributed by atoms with Gasteiger partial charge in [0.1, 0.15) is 5.60 Å². The van der Waals surface area contributed by atoms with Crippen LogP contribution in [0.3, 0.4) is 0 Å². The summed E-state index contributed by atoms with van der Waals surface area (Å²) >= 11 is 3.24. The van der Waals surface area contributed by atoms with E-state index in [1.54, 1.807) is 19.1 Å². The fraction of sp³-hybridized carbons (Fsp3) is 0.385. The number of anilines is 1. The second-order valence-corrected chi connectivity index (χ2v) is 5.15. The molecule has 1 amide bonds. The molecule has 0 saturated heterocycles. The molecule has 0 aliphatic carbocycles. The Morgan fingerprint density at radius 1 is 1.47 bits per heavy atom. The third-order valence-electron chi connectivity index (χ3n) is 3.07. The highest BCUT2D eigenvalue weighted by atomic mass is 79.9. The number of aromatic carboxylic acids is 1. The molecule has 6 heteroatoms. The summed E-state index contributed by atoms with van der Waals surface area (Å²) in [5.41, 5.74) is -0.715. The lowest BCUT2D eigenvalue weighted by Gasteiger charge is -2.25. The fourth-order valence-corrected chi connectivity index (χ4v) is 1.82. The number of rotatable bonds is 5. The SMILES string of the molecule is CCC(C)(OC)C(=O)Nc1cc(Br)ccc1C(=O)O. The molecule has 104 valence electrons. The molecule has 1 rings (SSSR count). The Kier molecular flexibility index (Phi) is 5.08. The lowest BCUT2D eigenvalue weighted by molar-refractivity contribution is -0.136. The zero-order chi connectivity index (χ0) is 14.6. The summed E-state index contributed by atoms with van der Waals surface area (Å²) in [5.74, 6) is -1.48. The molecule has 1 aromatic carbocycles. The monoisotopic (exact) mass is 329 g/mol. The topological polar surface area (TPSA) is 75.6 Å². The van der Waals surface area contributed by atoms with Gasteiger partial charge < -0.3 is 15.2 Å². The van der Waals surface area contributed by atoms with Gasteiger partial charge in [0.2, 0.25) is 0 Å². The number of carboxylic acid groups (broad SMARTS) is 1. The smallest absolute Gasteiger partial charge is 0.337 e. The number of carbonyl (C=O) groups is 2. The first-order valence-electron chi connectivity index (χ1n) is 5.73. The molecule has 1 atom stereocenters. The van der Waals surface area contributed by atoms with Gasteiger partial charge in [-0.25, -0.2) is 4.79 Å². The van der Waals surface area contributed by atoms with Crippen molar-refractivity contribution in [2.75, 3.05) is 12.4 Å². The van der Waals surface area contributed by atoms with E-state index >= 15 is 0 Å². The van der Waals surface area contributed by atoms with E-state index in [4.69, 9.17) is 9.84 Å². The van der Waals surface area contributed by atoms with Crippen molar-refractivity contribution in [1.82, 2.24) is 0 Å². The minimum absolute atomic E-state index is 0.0334. The molecule has 0 fully saturated rings. The van der Waals surface area contributed by atoms with Crippen LogP contribution in [0.1, 0.15) is 30.6 Å². The molecule has 0 bridgehead atoms. The van der Waals surface area contributed by atoms with Crippen LogP contribution in [0.2, 0.25) is 0 Å². The number of benzene rings is 1. The highest BCUT2D eigenvalue weighted by molar-refractivity contribution is 9.10. The Bertz CT molecular complexity index is 497. The summed E-state index contributed by atoms with van der Waals surface area (Å²) in [7, 11) is 1.45. The van der Waals surface area contributed by atoms with Gasteiger partial charge in [-0.1, -0.05) is 22.9 Å². The molecule has 0 aliphatic rings. The number of halogens is 1. The van der Waals surface area contributed by atoms with E-state index in [2.05, 4.69) is 21.2 Å². The van der Waals surface area contributed by atoms with Crippen LogP contribution < -0.4 is 5.32 Å². The van der Waals surface area contributed by atoms with Crippen LogP contribution in [0.5, 0.6) is 0 Å². The van der Waals surface area contributed by atoms with Crippen LogP contribution in [0.15, 0.2) is 22.7 Å². The Morgan fingerprint density at radius 3 is 2.58 bits per heavy atom. The summed E-state index contributed by atoms with van der Waals surface area (Å²) in [6.07, 6.45) is 0.478. The number of hydrogen-bond donors (Lipinski definition) is 2. The van der Waals surface area contributed by atoms with Crippen LogP contribution >= 0.6 is 15.9 Å². The molecular weight excluding hydrogens is 314 g/mol. The molecular formula is C13H16BrNO4. The third-order valence-corrected chi connectivity index (χ3v) is 3.56. The average molecular weight is 330 g/mol. The van der Waals surface area contributed by atoms with Crippen molar-refractivity contribution in [1.29, 1.82) is 0 Å². The van der Waals surface area contributed by atoms with E-state index in [0.29, 0.717) is 10.9 Å². The molecule has 5 nitrogen and oxygen atoms in total. The second-order valence-electron chi connectivity index (χ2n) is 4.24. The van der Waals surface area contributed by atoms with E-state index in [1.165, 1.54) is 13.2 Å². The van der Waals surface area contributed by atoms with Gasteiger partial charge in [0.15, 0.2) is 0 Å². The standard InChI is InChI=1S/C13H16BrNO4/c1-4-13(2,19-3)12(18)15-10-7-8(14)5-6-9(10)11(16)17/h5-7H,4H2,1-3H3,(H,15,18)(H,16,17). The van der Waals surface area contributed by atoms with Crippen molar-refractivity contribution >= 4 is 33.5 Å². The van der Waals surface area contributed by atoms with E-state index in [1.807, 2.05) is 6.92 Å². The van der Waals surface area contributed by atoms with Crippen LogP contribution in [0.25, 0.3) is 0 Å². The van der Waals surface area contributed by atoms with E-state index in [0.717, 1.165) is 0 Å². The molecule has 0 aliphatic heterocycles. The molecule has 19 heavy (non-hydrogen) atoms. The molecule has 0 saturated carbocycles. The van der Waals surface area contributed by atoms with Crippen molar-refractivity contribution in [3.8, 4) is 0 Å². The first-order chi connectivity index (χ1) is 8.84. The average Bonchev–Trinajstić information content (AvgIpc) is 2.37. The second kappa shape index (κ2) is 6.16. The van der Waals surface area contributed by atoms with Crippen LogP contribution in [-0.2, 0) is 9.53 Å². The van der Waals surface area contributed by atoms with Crippen LogP contribution in [0.4, 0.5) is 5.69 Å². The lowest BCUT2D eigenvalue weighted by Crippen LogP contribution is -2.41. The molecule has 0 heterocycles.